The van der Waals surface area contributed by atoms with Gasteiger partial charge in [0, 0.05) is 5.56 Å². The Morgan fingerprint density at radius 3 is 2.70 bits per heavy atom. The molecule has 1 nitrogen and oxygen atoms in total. The van der Waals surface area contributed by atoms with Crippen molar-refractivity contribution in [1.29, 1.82) is 0 Å². The van der Waals surface area contributed by atoms with Gasteiger partial charge in [-0.3, -0.25) is 0 Å². The predicted molar refractivity (Wildman–Crippen MR) is 33.6 cm³/mol. The van der Waals surface area contributed by atoms with Crippen molar-refractivity contribution < 1.29 is 10.2 Å². The molecular weight excluding hydrogens is 136 g/mol. The summed E-state index contributed by atoms with van der Waals surface area (Å²) in [5.41, 5.74) is 0.534. The van der Waals surface area contributed by atoms with Crippen LogP contribution in [0.25, 0.3) is 0 Å². The normalized spacial score (nSPS) is 11.4. The van der Waals surface area contributed by atoms with Crippen LogP contribution >= 0.6 is 0 Å². The second kappa shape index (κ2) is 2.33. The number of halogens is 2. The fourth-order valence-corrected chi connectivity index (χ4v) is 0.601. The smallest absolute Gasteiger partial charge is 0.190 e. The number of nitrogens with zero attached hydrogens (tertiary/aromatic N) is 1. The highest BCUT2D eigenvalue weighted by molar-refractivity contribution is 5.21. The van der Waals surface area contributed by atoms with Gasteiger partial charge in [0.1, 0.15) is 0 Å². The van der Waals surface area contributed by atoms with Crippen molar-refractivity contribution >= 4 is 0 Å². The summed E-state index contributed by atoms with van der Waals surface area (Å²) in [6, 6.07) is -0.330. The van der Waals surface area contributed by atoms with Crippen LogP contribution in [0.3, 0.4) is 0 Å². The fourth-order valence-electron chi connectivity index (χ4n) is 0.601. The molecular formula is C7H7F2N. The van der Waals surface area contributed by atoms with E-state index in [2.05, 4.69) is 4.98 Å². The van der Waals surface area contributed by atoms with Crippen molar-refractivity contribution in [2.45, 2.75) is 13.8 Å². The highest BCUT2D eigenvalue weighted by Crippen LogP contribution is 2.09. The number of hydrogen-bond donors (Lipinski definition) is 0. The molecule has 3 heteroatoms. The van der Waals surface area contributed by atoms with Crippen LogP contribution in [0.2, 0.25) is 0 Å². The Morgan fingerprint density at radius 1 is 1.50 bits per heavy atom. The summed E-state index contributed by atoms with van der Waals surface area (Å²) in [5, 5.41) is 0. The quantitative estimate of drug-likeness (QED) is 0.507. The van der Waals surface area contributed by atoms with Gasteiger partial charge >= 0.3 is 0 Å². The summed E-state index contributed by atoms with van der Waals surface area (Å²) < 4.78 is 32.1. The highest BCUT2D eigenvalue weighted by Gasteiger charge is 2.03. The van der Waals surface area contributed by atoms with Gasteiger partial charge in [-0.1, -0.05) is 0 Å². The van der Waals surface area contributed by atoms with E-state index < -0.39 is 11.9 Å². The maximum Gasteiger partial charge on any atom is 0.218 e. The summed E-state index contributed by atoms with van der Waals surface area (Å²) in [6.07, 6.45) is 0. The SMILES string of the molecule is [2H]c1c(F)nc(F)c(C)c1C. The Bertz CT molecular complexity index is 273. The van der Waals surface area contributed by atoms with Crippen molar-refractivity contribution in [3.05, 3.63) is 29.1 Å². The second-order valence-electron chi connectivity index (χ2n) is 2.07. The summed E-state index contributed by atoms with van der Waals surface area (Å²) in [5.74, 6) is -1.89. The van der Waals surface area contributed by atoms with Crippen LogP contribution in [0.5, 0.6) is 0 Å². The zero-order valence-electron chi connectivity index (χ0n) is 6.70. The monoisotopic (exact) mass is 144 g/mol. The first-order chi connectivity index (χ1) is 5.04. The first-order valence-electron chi connectivity index (χ1n) is 3.33. The number of pyridine rings is 1. The van der Waals surface area contributed by atoms with Crippen LogP contribution in [-0.4, -0.2) is 4.98 Å². The van der Waals surface area contributed by atoms with Crippen LogP contribution in [0.1, 0.15) is 12.5 Å². The van der Waals surface area contributed by atoms with Crippen molar-refractivity contribution in [3.63, 3.8) is 0 Å². The van der Waals surface area contributed by atoms with E-state index in [1.807, 2.05) is 0 Å². The van der Waals surface area contributed by atoms with E-state index >= 15 is 0 Å². The molecule has 0 spiro atoms. The Morgan fingerprint density at radius 2 is 2.10 bits per heavy atom. The number of hydrogen-bond acceptors (Lipinski definition) is 1. The van der Waals surface area contributed by atoms with Crippen LogP contribution in [0, 0.1) is 25.7 Å². The van der Waals surface area contributed by atoms with Crippen LogP contribution in [0.15, 0.2) is 6.04 Å². The van der Waals surface area contributed by atoms with Crippen LogP contribution < -0.4 is 0 Å². The van der Waals surface area contributed by atoms with E-state index in [9.17, 15) is 8.78 Å². The topological polar surface area (TPSA) is 12.9 Å². The molecule has 1 rings (SSSR count). The van der Waals surface area contributed by atoms with Gasteiger partial charge in [-0.05, 0) is 25.5 Å². The minimum absolute atomic E-state index is 0.233. The summed E-state index contributed by atoms with van der Waals surface area (Å²) in [6.45, 7) is 2.96. The molecule has 0 aromatic carbocycles. The van der Waals surface area contributed by atoms with Crippen molar-refractivity contribution in [1.82, 2.24) is 4.98 Å². The van der Waals surface area contributed by atoms with E-state index in [-0.39, 0.29) is 11.6 Å². The molecule has 0 unspecified atom stereocenters. The van der Waals surface area contributed by atoms with Crippen LogP contribution in [-0.2, 0) is 0 Å². The molecule has 0 aliphatic rings. The Labute approximate surface area is 59.1 Å². The van der Waals surface area contributed by atoms with E-state index in [1.54, 1.807) is 0 Å². The first kappa shape index (κ1) is 5.77. The van der Waals surface area contributed by atoms with E-state index in [1.165, 1.54) is 13.8 Å². The van der Waals surface area contributed by atoms with Gasteiger partial charge in [0.15, 0.2) is 0 Å². The van der Waals surface area contributed by atoms with Crippen molar-refractivity contribution in [3.8, 4) is 0 Å². The molecule has 1 heterocycles. The van der Waals surface area contributed by atoms with Gasteiger partial charge in [0.25, 0.3) is 0 Å². The Balaban J connectivity index is 3.46. The van der Waals surface area contributed by atoms with Gasteiger partial charge in [0.2, 0.25) is 11.9 Å². The molecule has 0 fully saturated rings. The zero-order chi connectivity index (χ0) is 8.59. The second-order valence-corrected chi connectivity index (χ2v) is 2.07. The predicted octanol–water partition coefficient (Wildman–Crippen LogP) is 1.98. The zero-order valence-corrected chi connectivity index (χ0v) is 5.70. The maximum atomic E-state index is 12.6. The summed E-state index contributed by atoms with van der Waals surface area (Å²) >= 11 is 0. The average Bonchev–Trinajstić information content (AvgIpc) is 1.97. The third kappa shape index (κ3) is 1.12. The van der Waals surface area contributed by atoms with Crippen molar-refractivity contribution in [2.75, 3.05) is 0 Å². The summed E-state index contributed by atoms with van der Waals surface area (Å²) in [4.78, 5) is 2.91. The minimum Gasteiger partial charge on any atom is -0.190 e. The molecule has 0 saturated heterocycles. The number of rotatable bonds is 0. The molecule has 0 N–H and O–H groups in total. The largest absolute Gasteiger partial charge is 0.218 e. The van der Waals surface area contributed by atoms with Gasteiger partial charge in [-0.15, -0.1) is 0 Å². The lowest BCUT2D eigenvalue weighted by Gasteiger charge is -1.98. The first-order valence-corrected chi connectivity index (χ1v) is 2.83. The van der Waals surface area contributed by atoms with Crippen LogP contribution in [0.4, 0.5) is 8.78 Å². The van der Waals surface area contributed by atoms with Gasteiger partial charge in [-0.2, -0.15) is 13.8 Å². The van der Waals surface area contributed by atoms with Gasteiger partial charge in [-0.25, -0.2) is 0 Å². The molecule has 0 aliphatic carbocycles. The Kier molecular flexibility index (Phi) is 1.34. The lowest BCUT2D eigenvalue weighted by molar-refractivity contribution is 0.505. The maximum absolute atomic E-state index is 12.6. The highest BCUT2D eigenvalue weighted by atomic mass is 19.1. The lowest BCUT2D eigenvalue weighted by Crippen LogP contribution is -1.94. The Hall–Kier alpha value is -0.990. The summed E-state index contributed by atoms with van der Waals surface area (Å²) in [7, 11) is 0. The number of aromatic nitrogens is 1. The van der Waals surface area contributed by atoms with Crippen molar-refractivity contribution in [2.24, 2.45) is 0 Å². The van der Waals surface area contributed by atoms with E-state index in [0.717, 1.165) is 0 Å². The molecule has 1 aromatic rings. The van der Waals surface area contributed by atoms with E-state index in [0.29, 0.717) is 5.56 Å². The molecule has 1 aromatic heterocycles. The van der Waals surface area contributed by atoms with E-state index in [4.69, 9.17) is 1.37 Å². The molecule has 54 valence electrons. The molecule has 0 saturated carbocycles. The molecule has 0 amide bonds. The molecule has 0 bridgehead atoms. The lowest BCUT2D eigenvalue weighted by atomic mass is 10.2. The molecule has 0 aliphatic heterocycles. The molecule has 0 atom stereocenters. The third-order valence-corrected chi connectivity index (χ3v) is 1.36. The average molecular weight is 144 g/mol. The fraction of sp³-hybridized carbons (Fsp3) is 0.286. The molecule has 0 radical (unpaired) electrons. The standard InChI is InChI=1S/C7H7F2N/c1-4-3-6(8)10-7(9)5(4)2/h3H,1-2H3/i3D. The minimum atomic E-state index is -1.05. The molecule has 10 heavy (non-hydrogen) atoms. The van der Waals surface area contributed by atoms with Gasteiger partial charge < -0.3 is 0 Å². The third-order valence-electron chi connectivity index (χ3n) is 1.36. The van der Waals surface area contributed by atoms with Gasteiger partial charge in [0.05, 0.1) is 1.37 Å².